The fourth-order valence-corrected chi connectivity index (χ4v) is 4.63. The Bertz CT molecular complexity index is 1120. The van der Waals surface area contributed by atoms with Crippen molar-refractivity contribution in [1.29, 1.82) is 0 Å². The summed E-state index contributed by atoms with van der Waals surface area (Å²) in [5.74, 6) is 0.895. The summed E-state index contributed by atoms with van der Waals surface area (Å²) in [7, 11) is 1.53. The van der Waals surface area contributed by atoms with Gasteiger partial charge in [0.1, 0.15) is 17.6 Å². The fraction of sp³-hybridized carbons (Fsp3) is 0.273. The topological polar surface area (TPSA) is 83.4 Å². The lowest BCUT2D eigenvalue weighted by Crippen LogP contribution is -2.46. The van der Waals surface area contributed by atoms with E-state index in [1.54, 1.807) is 18.2 Å². The molecule has 0 bridgehead atoms. The van der Waals surface area contributed by atoms with Crippen LogP contribution in [0.1, 0.15) is 19.4 Å². The minimum Gasteiger partial charge on any atom is -0.495 e. The van der Waals surface area contributed by atoms with Crippen molar-refractivity contribution in [2.75, 3.05) is 18.2 Å². The van der Waals surface area contributed by atoms with Crippen LogP contribution in [0.2, 0.25) is 5.02 Å². The summed E-state index contributed by atoms with van der Waals surface area (Å²) in [6.45, 7) is 3.95. The minimum absolute atomic E-state index is 0.0417. The van der Waals surface area contributed by atoms with E-state index in [-0.39, 0.29) is 23.5 Å². The molecule has 0 spiro atoms. The number of carbonyl (C=O) groups excluding carboxylic acids is 2. The molecule has 2 aromatic carbocycles. The number of nitrogens with zero attached hydrogens (tertiary/aromatic N) is 3. The van der Waals surface area contributed by atoms with Crippen LogP contribution in [0.25, 0.3) is 0 Å². The zero-order chi connectivity index (χ0) is 22.1. The van der Waals surface area contributed by atoms with Crippen molar-refractivity contribution in [1.82, 2.24) is 4.90 Å². The van der Waals surface area contributed by atoms with Gasteiger partial charge < -0.3 is 10.1 Å². The Balaban J connectivity index is 1.53. The molecule has 2 aliphatic heterocycles. The van der Waals surface area contributed by atoms with Crippen LogP contribution < -0.4 is 10.1 Å². The Kier molecular flexibility index (Phi) is 6.02. The number of benzene rings is 2. The first-order valence-corrected chi connectivity index (χ1v) is 11.1. The highest BCUT2D eigenvalue weighted by molar-refractivity contribution is 8.14. The number of rotatable bonds is 5. The van der Waals surface area contributed by atoms with Crippen molar-refractivity contribution in [3.63, 3.8) is 0 Å². The molecule has 0 aliphatic carbocycles. The van der Waals surface area contributed by atoms with Crippen molar-refractivity contribution >= 4 is 57.6 Å². The van der Waals surface area contributed by atoms with E-state index in [9.17, 15) is 9.59 Å². The zero-order valence-corrected chi connectivity index (χ0v) is 18.8. The molecule has 9 heteroatoms. The quantitative estimate of drug-likeness (QED) is 0.723. The third-order valence-corrected chi connectivity index (χ3v) is 6.19. The first kappa shape index (κ1) is 21.4. The van der Waals surface area contributed by atoms with Gasteiger partial charge in [0.15, 0.2) is 5.17 Å². The third-order valence-electron chi connectivity index (χ3n) is 4.94. The first-order valence-electron chi connectivity index (χ1n) is 9.75. The van der Waals surface area contributed by atoms with Crippen molar-refractivity contribution in [3.8, 4) is 5.75 Å². The van der Waals surface area contributed by atoms with Crippen LogP contribution in [0.15, 0.2) is 52.4 Å². The molecule has 1 N–H and O–H groups in total. The highest BCUT2D eigenvalue weighted by Gasteiger charge is 2.43. The van der Waals surface area contributed by atoms with Gasteiger partial charge in [-0.25, -0.2) is 4.99 Å². The number of thioether (sulfide) groups is 1. The lowest BCUT2D eigenvalue weighted by molar-refractivity contribution is -0.120. The number of aliphatic imine (C=N–C) groups is 2. The van der Waals surface area contributed by atoms with Gasteiger partial charge >= 0.3 is 0 Å². The molecule has 2 heterocycles. The summed E-state index contributed by atoms with van der Waals surface area (Å²) in [6, 6.07) is 12.2. The average molecular weight is 457 g/mol. The molecule has 1 unspecified atom stereocenters. The summed E-state index contributed by atoms with van der Waals surface area (Å²) in [5.41, 5.74) is 2.13. The number of amides is 2. The van der Waals surface area contributed by atoms with Gasteiger partial charge in [-0.2, -0.15) is 4.99 Å². The summed E-state index contributed by atoms with van der Waals surface area (Å²) >= 11 is 7.40. The summed E-state index contributed by atoms with van der Waals surface area (Å²) in [4.78, 5) is 36.1. The first-order chi connectivity index (χ1) is 14.9. The van der Waals surface area contributed by atoms with E-state index in [0.29, 0.717) is 27.5 Å². The number of amidine groups is 2. The number of fused-ring (bicyclic) bond motifs is 3. The van der Waals surface area contributed by atoms with Gasteiger partial charge in [0.2, 0.25) is 5.91 Å². The Morgan fingerprint density at radius 2 is 2.03 bits per heavy atom. The third kappa shape index (κ3) is 4.18. The molecule has 1 atom stereocenters. The van der Waals surface area contributed by atoms with E-state index < -0.39 is 6.04 Å². The number of ether oxygens (including phenoxy) is 1. The molecule has 0 radical (unpaired) electrons. The Labute approximate surface area is 189 Å². The molecule has 31 heavy (non-hydrogen) atoms. The number of halogens is 1. The van der Waals surface area contributed by atoms with Crippen LogP contribution in [-0.4, -0.2) is 46.6 Å². The molecule has 0 aromatic heterocycles. The van der Waals surface area contributed by atoms with Gasteiger partial charge in [0, 0.05) is 11.3 Å². The molecule has 160 valence electrons. The molecular formula is C22H21ClN4O3S. The van der Waals surface area contributed by atoms with Gasteiger partial charge in [-0.15, -0.1) is 0 Å². The number of hydrogen-bond donors (Lipinski definition) is 1. The maximum Gasteiger partial charge on any atom is 0.271 e. The molecule has 2 aromatic rings. The van der Waals surface area contributed by atoms with E-state index in [1.807, 2.05) is 43.0 Å². The maximum absolute atomic E-state index is 12.6. The highest BCUT2D eigenvalue weighted by Crippen LogP contribution is 2.36. The van der Waals surface area contributed by atoms with Crippen molar-refractivity contribution in [2.24, 2.45) is 15.9 Å². The predicted octanol–water partition coefficient (Wildman–Crippen LogP) is 4.34. The summed E-state index contributed by atoms with van der Waals surface area (Å²) in [6.07, 6.45) is 0. The van der Waals surface area contributed by atoms with Crippen LogP contribution in [0, 0.1) is 5.92 Å². The largest absolute Gasteiger partial charge is 0.495 e. The normalized spacial score (nSPS) is 17.1. The van der Waals surface area contributed by atoms with Crippen LogP contribution in [0.5, 0.6) is 5.75 Å². The molecular weight excluding hydrogens is 436 g/mol. The average Bonchev–Trinajstić information content (AvgIpc) is 3.09. The van der Waals surface area contributed by atoms with E-state index in [4.69, 9.17) is 21.3 Å². The van der Waals surface area contributed by atoms with Crippen molar-refractivity contribution in [2.45, 2.75) is 19.9 Å². The number of nitrogens with one attached hydrogen (secondary N) is 1. The van der Waals surface area contributed by atoms with Crippen LogP contribution in [-0.2, 0) is 9.59 Å². The van der Waals surface area contributed by atoms with Crippen LogP contribution >= 0.6 is 23.4 Å². The number of anilines is 1. The minimum atomic E-state index is -0.432. The standard InChI is InChI=1S/C22H21ClN4O3S/c1-12(2)19-21(29)26-20-14-6-4-5-7-16(14)25-22(27(19)20)31-11-18(28)24-13-8-9-17(30-3)15(23)10-13/h4-10,12,19H,11H2,1-3H3,(H,24,28). The SMILES string of the molecule is COc1ccc(NC(=O)CSC2=Nc3ccccc3C3=NC(=O)C(C(C)C)N23)cc1Cl. The van der Waals surface area contributed by atoms with Gasteiger partial charge in [-0.1, -0.05) is 49.3 Å². The number of para-hydroxylation sites is 1. The van der Waals surface area contributed by atoms with Gasteiger partial charge in [-0.05, 0) is 36.2 Å². The van der Waals surface area contributed by atoms with Gasteiger partial charge in [0.25, 0.3) is 5.91 Å². The Morgan fingerprint density at radius 3 is 2.74 bits per heavy atom. The molecule has 7 nitrogen and oxygen atoms in total. The number of hydrogen-bond acceptors (Lipinski definition) is 6. The lowest BCUT2D eigenvalue weighted by atomic mass is 10.0. The van der Waals surface area contributed by atoms with Crippen molar-refractivity contribution < 1.29 is 14.3 Å². The zero-order valence-electron chi connectivity index (χ0n) is 17.3. The molecule has 4 rings (SSSR count). The van der Waals surface area contributed by atoms with Crippen molar-refractivity contribution in [3.05, 3.63) is 53.1 Å². The number of carbonyl (C=O) groups is 2. The molecule has 0 fully saturated rings. The monoisotopic (exact) mass is 456 g/mol. The predicted molar refractivity (Wildman–Crippen MR) is 125 cm³/mol. The van der Waals surface area contributed by atoms with Crippen LogP contribution in [0.3, 0.4) is 0 Å². The second-order valence-electron chi connectivity index (χ2n) is 7.43. The molecule has 0 saturated heterocycles. The Morgan fingerprint density at radius 1 is 1.26 bits per heavy atom. The fourth-order valence-electron chi connectivity index (χ4n) is 3.54. The van der Waals surface area contributed by atoms with Crippen LogP contribution in [0.4, 0.5) is 11.4 Å². The van der Waals surface area contributed by atoms with E-state index in [2.05, 4.69) is 10.3 Å². The smallest absolute Gasteiger partial charge is 0.271 e. The highest BCUT2D eigenvalue weighted by atomic mass is 35.5. The van der Waals surface area contributed by atoms with E-state index in [0.717, 1.165) is 11.3 Å². The van der Waals surface area contributed by atoms with Gasteiger partial charge in [0.05, 0.1) is 23.6 Å². The van der Waals surface area contributed by atoms with E-state index >= 15 is 0 Å². The molecule has 2 aliphatic rings. The second kappa shape index (κ2) is 8.72. The summed E-state index contributed by atoms with van der Waals surface area (Å²) < 4.78 is 5.13. The molecule has 2 amide bonds. The van der Waals surface area contributed by atoms with E-state index in [1.165, 1.54) is 18.9 Å². The Hall–Kier alpha value is -2.84. The van der Waals surface area contributed by atoms with Gasteiger partial charge in [-0.3, -0.25) is 14.5 Å². The second-order valence-corrected chi connectivity index (χ2v) is 8.78. The number of methoxy groups -OCH3 is 1. The summed E-state index contributed by atoms with van der Waals surface area (Å²) in [5, 5.41) is 3.83. The lowest BCUT2D eigenvalue weighted by Gasteiger charge is -2.32. The molecule has 0 saturated carbocycles. The maximum atomic E-state index is 12.6.